The zero-order chi connectivity index (χ0) is 75.3. The second kappa shape index (κ2) is 31.3. The van der Waals surface area contributed by atoms with Gasteiger partial charge in [-0.15, -0.1) is 0 Å². The molecule has 11 atom stereocenters. The highest BCUT2D eigenvalue weighted by Crippen LogP contribution is 2.65. The van der Waals surface area contributed by atoms with Gasteiger partial charge in [0, 0.05) is 74.8 Å². The number of phenolic OH excluding ortho intramolecular Hbond substituents is 2. The summed E-state index contributed by atoms with van der Waals surface area (Å²) >= 11 is 5.80. The van der Waals surface area contributed by atoms with Crippen LogP contribution in [0.3, 0.4) is 0 Å². The first kappa shape index (κ1) is 75.5. The molecule has 2 heterocycles. The van der Waals surface area contributed by atoms with E-state index in [9.17, 15) is 49.2 Å². The number of anilines is 1. The summed E-state index contributed by atoms with van der Waals surface area (Å²) in [5.41, 5.74) is -7.59. The van der Waals surface area contributed by atoms with Gasteiger partial charge in [0.1, 0.15) is 41.5 Å². The number of fused-ring (bicyclic) bond motifs is 7. The zero-order valence-corrected chi connectivity index (χ0v) is 59.5. The number of benzene rings is 6. The van der Waals surface area contributed by atoms with Crippen LogP contribution in [0.2, 0.25) is 0 Å². The van der Waals surface area contributed by atoms with Crippen molar-refractivity contribution >= 4 is 98.4 Å². The standard InChI is InChI=1S/C79H82N4O21S/c1-43-58(41-79(97)70(103-72(94)48-25-16-11-17-26-48)68-77(6,59(88)40-60-78(68,42-98-60)104-45(3)85)69(92)66(99-44(2)84)64(43)76(79,4)5)101-74(96)67(65(46-21-12-9-13-22-46)83-71(93)47-23-14-10-15-24-47)102-73(95)55-37-49(82-75(105)81-36-19-8-7-18-35-80-61(89)27-20-28-62(90)91)29-32-52(55)63-53-33-30-50(86)38-56(53)100-57-39-51(87)31-34-54(57)63/h9-17,21-26,29-34,37-39,58-60,65-68,70,88,97H,7-8,18-20,27-28,35-36,40-42H2,1-6H3,(H6-,80,81,82,83,86,87,89,90,91,93,105)/p+1/t58?,59-,60+,65?,66+,67?,68?,70?,77+,78-,79+/m0/s1. The van der Waals surface area contributed by atoms with E-state index < -0.39 is 131 Å². The zero-order valence-electron chi connectivity index (χ0n) is 58.6. The summed E-state index contributed by atoms with van der Waals surface area (Å²) in [7, 11) is 0. The molecule has 7 aromatic rings. The van der Waals surface area contributed by atoms with Crippen LogP contribution in [-0.2, 0) is 57.2 Å². The van der Waals surface area contributed by atoms with Gasteiger partial charge in [0.15, 0.2) is 22.6 Å². The Bertz CT molecular complexity index is 4510. The van der Waals surface area contributed by atoms with Crippen molar-refractivity contribution in [2.75, 3.05) is 25.0 Å². The topological polar surface area (TPSA) is 370 Å². The first-order valence-corrected chi connectivity index (χ1v) is 35.1. The summed E-state index contributed by atoms with van der Waals surface area (Å²) in [4.78, 5) is 129. The lowest BCUT2D eigenvalue weighted by Crippen LogP contribution is -2.82. The van der Waals surface area contributed by atoms with E-state index in [0.717, 1.165) is 26.7 Å². The summed E-state index contributed by atoms with van der Waals surface area (Å²) in [5, 5.41) is 70.3. The molecule has 0 spiro atoms. The van der Waals surface area contributed by atoms with Crippen LogP contribution in [0.25, 0.3) is 33.1 Å². The molecule has 1 aliphatic heterocycles. The molecule has 3 fully saturated rings. The second-order valence-electron chi connectivity index (χ2n) is 27.7. The highest BCUT2D eigenvalue weighted by Gasteiger charge is 2.78. The van der Waals surface area contributed by atoms with E-state index in [0.29, 0.717) is 42.3 Å². The third-order valence-electron chi connectivity index (χ3n) is 20.7. The van der Waals surface area contributed by atoms with Crippen molar-refractivity contribution in [3.8, 4) is 22.6 Å². The number of aliphatic carboxylic acids is 1. The van der Waals surface area contributed by atoms with Crippen LogP contribution in [0.15, 0.2) is 161 Å². The normalized spacial score (nSPS) is 23.4. The van der Waals surface area contributed by atoms with Gasteiger partial charge in [0.2, 0.25) is 12.0 Å². The van der Waals surface area contributed by atoms with Gasteiger partial charge in [-0.2, -0.15) is 0 Å². The number of Topliss-reactive ketones (excluding diaryl/α,β-unsaturated/α-hetero) is 1. The molecule has 4 aliphatic rings. The number of unbranched alkanes of at least 4 members (excludes halogenated alkanes) is 3. The number of nitrogens with one attached hydrogen (secondary N) is 4. The van der Waals surface area contributed by atoms with Crippen molar-refractivity contribution in [2.45, 2.75) is 153 Å². The molecular formula is C79H83N4O21S+. The Morgan fingerprint density at radius 1 is 0.705 bits per heavy atom. The van der Waals surface area contributed by atoms with Crippen molar-refractivity contribution in [3.05, 3.63) is 179 Å². The molecule has 0 radical (unpaired) electrons. The molecule has 25 nitrogen and oxygen atoms in total. The molecule has 9 N–H and O–H groups in total. The first-order valence-electron chi connectivity index (χ1n) is 34.7. The number of ketones is 1. The molecular weight excluding hydrogens is 1370 g/mol. The number of esters is 5. The molecule has 2 saturated carbocycles. The third kappa shape index (κ3) is 15.5. The third-order valence-corrected chi connectivity index (χ3v) is 20.9. The van der Waals surface area contributed by atoms with Gasteiger partial charge in [0.05, 0.1) is 58.1 Å². The number of hydrogen-bond acceptors (Lipinski definition) is 20. The van der Waals surface area contributed by atoms with E-state index in [1.165, 1.54) is 82.3 Å². The molecule has 105 heavy (non-hydrogen) atoms. The number of carbonyl (C=O) groups excluding carboxylic acids is 8. The quantitative estimate of drug-likeness (QED) is 0.00488. The number of aliphatic hydroxyl groups excluding tert-OH is 1. The van der Waals surface area contributed by atoms with E-state index in [1.807, 2.05) is 0 Å². The molecule has 6 aromatic carbocycles. The molecule has 2 bridgehead atoms. The Kier molecular flexibility index (Phi) is 22.5. The number of phenols is 2. The van der Waals surface area contributed by atoms with Crippen LogP contribution < -0.4 is 21.3 Å². The van der Waals surface area contributed by atoms with Gasteiger partial charge in [-0.25, -0.2) is 18.8 Å². The van der Waals surface area contributed by atoms with Crippen molar-refractivity contribution in [2.24, 2.45) is 16.7 Å². The molecule has 26 heteroatoms. The van der Waals surface area contributed by atoms with Crippen LogP contribution in [0.4, 0.5) is 5.69 Å². The number of ether oxygens (including phenoxy) is 6. The lowest BCUT2D eigenvalue weighted by molar-refractivity contribution is -0.346. The average molecular weight is 1460 g/mol. The summed E-state index contributed by atoms with van der Waals surface area (Å²) < 4.78 is 44.5. The Morgan fingerprint density at radius 2 is 1.31 bits per heavy atom. The lowest BCUT2D eigenvalue weighted by atomic mass is 9.44. The fraction of sp³-hybridized carbons (Fsp3) is 0.380. The van der Waals surface area contributed by atoms with E-state index >= 15 is 14.4 Å². The summed E-state index contributed by atoms with van der Waals surface area (Å²) in [6.45, 7) is 8.50. The number of hydrogen-bond donors (Lipinski definition) is 9. The predicted molar refractivity (Wildman–Crippen MR) is 385 cm³/mol. The van der Waals surface area contributed by atoms with Gasteiger partial charge in [-0.05, 0) is 128 Å². The van der Waals surface area contributed by atoms with Crippen LogP contribution >= 0.6 is 12.2 Å². The van der Waals surface area contributed by atoms with Crippen LogP contribution in [-0.4, -0.2) is 152 Å². The van der Waals surface area contributed by atoms with E-state index in [2.05, 4.69) is 21.3 Å². The molecule has 550 valence electrons. The number of carboxylic acids is 1. The Hall–Kier alpha value is -10.7. The molecule has 1 aromatic heterocycles. The summed E-state index contributed by atoms with van der Waals surface area (Å²) in [6.07, 6.45) is -8.68. The van der Waals surface area contributed by atoms with Crippen molar-refractivity contribution in [1.29, 1.82) is 0 Å². The van der Waals surface area contributed by atoms with Gasteiger partial charge in [0.25, 0.3) is 5.91 Å². The Balaban J connectivity index is 1.02. The fourth-order valence-corrected chi connectivity index (χ4v) is 15.5. The number of rotatable bonds is 25. The number of amides is 2. The lowest BCUT2D eigenvalue weighted by Gasteiger charge is -2.67. The van der Waals surface area contributed by atoms with Crippen molar-refractivity contribution in [1.82, 2.24) is 16.0 Å². The molecule has 1 saturated heterocycles. The maximum Gasteiger partial charge on any atom is 0.365 e. The van der Waals surface area contributed by atoms with Gasteiger partial charge in [-0.1, -0.05) is 99.5 Å². The van der Waals surface area contributed by atoms with E-state index in [-0.39, 0.29) is 104 Å². The molecule has 2 amide bonds. The van der Waals surface area contributed by atoms with Crippen molar-refractivity contribution < 1.29 is 102 Å². The first-order chi connectivity index (χ1) is 50.1. The number of thiocarbonyl (C=S) groups is 1. The number of aliphatic hydroxyl groups is 2. The van der Waals surface area contributed by atoms with Gasteiger partial charge >= 0.3 is 47.0 Å². The predicted octanol–water partition coefficient (Wildman–Crippen LogP) is 10.1. The molecule has 11 rings (SSSR count). The highest BCUT2D eigenvalue weighted by molar-refractivity contribution is 7.80. The SMILES string of the molecule is CC(=O)O[C@H]1C(=O)[C@@]2(C)C(C(OC(=O)c3ccccc3)[C@]3(O)CC(OC(=O)C(OC(=O)c4cc(NC(=S)NCCCCCCNC(=O)CCCC(=O)O)ccc4-c4c5ccc(O)cc5[o+]c5cc(O)ccc45)C(NC(=O)c4ccccc4)c4ccccc4)C(C)=C1C3(C)C)[C@]1(OC(C)=O)CO[C@@H]1C[C@@H]2O. The minimum Gasteiger partial charge on any atom is -0.508 e. The monoisotopic (exact) mass is 1460 g/mol. The highest BCUT2D eigenvalue weighted by atomic mass is 32.1. The van der Waals surface area contributed by atoms with E-state index in [4.69, 9.17) is 50.2 Å². The van der Waals surface area contributed by atoms with E-state index in [1.54, 1.807) is 91.0 Å². The minimum absolute atomic E-state index is 0.00806. The fourth-order valence-electron chi connectivity index (χ4n) is 15.3. The smallest absolute Gasteiger partial charge is 0.365 e. The molecule has 5 unspecified atom stereocenters. The summed E-state index contributed by atoms with van der Waals surface area (Å²) in [5.74, 6) is -10.3. The largest absolute Gasteiger partial charge is 0.508 e. The minimum atomic E-state index is -2.61. The van der Waals surface area contributed by atoms with Gasteiger partial charge < -0.3 is 75.2 Å². The Labute approximate surface area is 609 Å². The Morgan fingerprint density at radius 3 is 1.90 bits per heavy atom. The van der Waals surface area contributed by atoms with Crippen LogP contribution in [0, 0.1) is 16.7 Å². The van der Waals surface area contributed by atoms with Gasteiger partial charge in [-0.3, -0.25) is 28.8 Å². The van der Waals surface area contributed by atoms with Crippen LogP contribution in [0.1, 0.15) is 142 Å². The van der Waals surface area contributed by atoms with Crippen molar-refractivity contribution in [3.63, 3.8) is 0 Å². The number of aromatic hydroxyl groups is 2. The molecule has 3 aliphatic carbocycles. The number of carboxylic acid groups (broad SMARTS) is 1. The number of carbonyl (C=O) groups is 9. The summed E-state index contributed by atoms with van der Waals surface area (Å²) in [6, 6.07) is 35.4. The maximum absolute atomic E-state index is 16.4. The maximum atomic E-state index is 16.4. The average Bonchev–Trinajstić information content (AvgIpc) is 0.668. The second-order valence-corrected chi connectivity index (χ2v) is 28.1. The van der Waals surface area contributed by atoms with Crippen LogP contribution in [0.5, 0.6) is 11.5 Å².